The molecule has 1 fully saturated rings. The van der Waals surface area contributed by atoms with Gasteiger partial charge in [0, 0.05) is 19.0 Å². The SMILES string of the molecule is CC(NC(=O)C1CNCC1c1ccc(C(F)(F)F)cc1)c1ccccc1. The molecular weight excluding hydrogens is 341 g/mol. The maximum atomic E-state index is 12.7. The van der Waals surface area contributed by atoms with E-state index in [2.05, 4.69) is 10.6 Å². The molecule has 26 heavy (non-hydrogen) atoms. The van der Waals surface area contributed by atoms with Gasteiger partial charge >= 0.3 is 6.18 Å². The molecule has 1 aliphatic heterocycles. The lowest BCUT2D eigenvalue weighted by molar-refractivity contribution is -0.137. The highest BCUT2D eigenvalue weighted by Gasteiger charge is 2.35. The fourth-order valence-corrected chi connectivity index (χ4v) is 3.37. The first-order valence-electron chi connectivity index (χ1n) is 8.59. The van der Waals surface area contributed by atoms with Gasteiger partial charge in [-0.05, 0) is 30.2 Å². The van der Waals surface area contributed by atoms with Crippen LogP contribution < -0.4 is 10.6 Å². The predicted octanol–water partition coefficient (Wildman–Crippen LogP) is 3.89. The predicted molar refractivity (Wildman–Crippen MR) is 93.5 cm³/mol. The number of carbonyl (C=O) groups is 1. The number of rotatable bonds is 4. The van der Waals surface area contributed by atoms with Crippen molar-refractivity contribution in [1.29, 1.82) is 0 Å². The minimum atomic E-state index is -4.35. The Bertz CT molecular complexity index is 744. The molecule has 2 N–H and O–H groups in total. The van der Waals surface area contributed by atoms with E-state index in [0.717, 1.165) is 23.3 Å². The quantitative estimate of drug-likeness (QED) is 0.867. The van der Waals surface area contributed by atoms with Crippen molar-refractivity contribution in [3.8, 4) is 0 Å². The fourth-order valence-electron chi connectivity index (χ4n) is 3.37. The largest absolute Gasteiger partial charge is 0.416 e. The third-order valence-corrected chi connectivity index (χ3v) is 4.88. The van der Waals surface area contributed by atoms with Gasteiger partial charge < -0.3 is 10.6 Å². The van der Waals surface area contributed by atoms with Crippen LogP contribution in [-0.2, 0) is 11.0 Å². The number of alkyl halides is 3. The summed E-state index contributed by atoms with van der Waals surface area (Å²) >= 11 is 0. The van der Waals surface area contributed by atoms with Gasteiger partial charge in [0.15, 0.2) is 0 Å². The Morgan fingerprint density at radius 2 is 1.73 bits per heavy atom. The standard InChI is InChI=1S/C20H21F3N2O/c1-13(14-5-3-2-4-6-14)25-19(26)18-12-24-11-17(18)15-7-9-16(10-8-15)20(21,22)23/h2-10,13,17-18,24H,11-12H2,1H3,(H,25,26). The minimum Gasteiger partial charge on any atom is -0.349 e. The van der Waals surface area contributed by atoms with Crippen molar-refractivity contribution < 1.29 is 18.0 Å². The average Bonchev–Trinajstić information content (AvgIpc) is 3.11. The van der Waals surface area contributed by atoms with Crippen molar-refractivity contribution in [1.82, 2.24) is 10.6 Å². The number of carbonyl (C=O) groups excluding carboxylic acids is 1. The summed E-state index contributed by atoms with van der Waals surface area (Å²) in [4.78, 5) is 12.7. The highest BCUT2D eigenvalue weighted by Crippen LogP contribution is 2.33. The Hall–Kier alpha value is -2.34. The molecule has 1 heterocycles. The molecule has 2 aromatic carbocycles. The Labute approximate surface area is 150 Å². The van der Waals surface area contributed by atoms with Gasteiger partial charge in [-0.3, -0.25) is 4.79 Å². The van der Waals surface area contributed by atoms with Crippen LogP contribution in [0.1, 0.15) is 35.6 Å². The summed E-state index contributed by atoms with van der Waals surface area (Å²) in [6.07, 6.45) is -4.35. The van der Waals surface area contributed by atoms with Crippen molar-refractivity contribution >= 4 is 5.91 Å². The van der Waals surface area contributed by atoms with Crippen LogP contribution >= 0.6 is 0 Å². The summed E-state index contributed by atoms with van der Waals surface area (Å²) in [5.41, 5.74) is 1.08. The lowest BCUT2D eigenvalue weighted by atomic mass is 9.87. The minimum absolute atomic E-state index is 0.0868. The Morgan fingerprint density at radius 3 is 2.35 bits per heavy atom. The molecule has 3 rings (SSSR count). The first kappa shape index (κ1) is 18.5. The summed E-state index contributed by atoms with van der Waals surface area (Å²) in [5, 5.41) is 6.19. The molecule has 1 saturated heterocycles. The number of amides is 1. The number of hydrogen-bond acceptors (Lipinski definition) is 2. The Balaban J connectivity index is 1.70. The summed E-state index contributed by atoms with van der Waals surface area (Å²) in [6.45, 7) is 3.00. The van der Waals surface area contributed by atoms with Crippen molar-refractivity contribution in [2.24, 2.45) is 5.92 Å². The molecule has 3 unspecified atom stereocenters. The molecule has 1 aliphatic rings. The van der Waals surface area contributed by atoms with Gasteiger partial charge in [0.1, 0.15) is 0 Å². The highest BCUT2D eigenvalue weighted by atomic mass is 19.4. The van der Waals surface area contributed by atoms with Crippen molar-refractivity contribution in [3.05, 3.63) is 71.3 Å². The van der Waals surface area contributed by atoms with Crippen LogP contribution in [0.5, 0.6) is 0 Å². The van der Waals surface area contributed by atoms with Gasteiger partial charge in [0.05, 0.1) is 17.5 Å². The monoisotopic (exact) mass is 362 g/mol. The topological polar surface area (TPSA) is 41.1 Å². The third kappa shape index (κ3) is 4.07. The van der Waals surface area contributed by atoms with Crippen LogP contribution in [0.2, 0.25) is 0 Å². The molecule has 2 aromatic rings. The van der Waals surface area contributed by atoms with Crippen molar-refractivity contribution in [3.63, 3.8) is 0 Å². The third-order valence-electron chi connectivity index (χ3n) is 4.88. The summed E-state index contributed by atoms with van der Waals surface area (Å²) in [5.74, 6) is -0.533. The molecule has 3 nitrogen and oxygen atoms in total. The molecule has 138 valence electrons. The van der Waals surface area contributed by atoms with E-state index < -0.39 is 11.7 Å². The summed E-state index contributed by atoms with van der Waals surface area (Å²) in [6, 6.07) is 14.6. The molecular formula is C20H21F3N2O. The zero-order valence-electron chi connectivity index (χ0n) is 14.4. The normalized spacial score (nSPS) is 21.4. The van der Waals surface area contributed by atoms with Crippen LogP contribution in [0.15, 0.2) is 54.6 Å². The number of halogens is 3. The van der Waals surface area contributed by atoms with Gasteiger partial charge in [-0.1, -0.05) is 42.5 Å². The number of benzene rings is 2. The van der Waals surface area contributed by atoms with Crippen LogP contribution in [0.25, 0.3) is 0 Å². The van der Waals surface area contributed by atoms with E-state index in [4.69, 9.17) is 0 Å². The lowest BCUT2D eigenvalue weighted by Crippen LogP contribution is -2.36. The van der Waals surface area contributed by atoms with E-state index in [0.29, 0.717) is 13.1 Å². The molecule has 0 spiro atoms. The molecule has 0 aromatic heterocycles. The Morgan fingerprint density at radius 1 is 1.08 bits per heavy atom. The molecule has 3 atom stereocenters. The van der Waals surface area contributed by atoms with Gasteiger partial charge in [-0.2, -0.15) is 13.2 Å². The molecule has 0 aliphatic carbocycles. The number of hydrogen-bond donors (Lipinski definition) is 2. The first-order valence-corrected chi connectivity index (χ1v) is 8.59. The first-order chi connectivity index (χ1) is 12.4. The zero-order chi connectivity index (χ0) is 18.7. The molecule has 1 amide bonds. The van der Waals surface area contributed by atoms with Gasteiger partial charge in [-0.15, -0.1) is 0 Å². The van der Waals surface area contributed by atoms with Gasteiger partial charge in [0.25, 0.3) is 0 Å². The van der Waals surface area contributed by atoms with E-state index in [1.165, 1.54) is 12.1 Å². The van der Waals surface area contributed by atoms with Crippen LogP contribution in [0.4, 0.5) is 13.2 Å². The second kappa shape index (κ2) is 7.50. The van der Waals surface area contributed by atoms with Crippen LogP contribution in [-0.4, -0.2) is 19.0 Å². The molecule has 6 heteroatoms. The van der Waals surface area contributed by atoms with Gasteiger partial charge in [-0.25, -0.2) is 0 Å². The van der Waals surface area contributed by atoms with Crippen molar-refractivity contribution in [2.45, 2.75) is 25.1 Å². The lowest BCUT2D eigenvalue weighted by Gasteiger charge is -2.22. The molecule has 0 saturated carbocycles. The highest BCUT2D eigenvalue weighted by molar-refractivity contribution is 5.81. The summed E-state index contributed by atoms with van der Waals surface area (Å²) in [7, 11) is 0. The van der Waals surface area contributed by atoms with E-state index in [1.54, 1.807) is 0 Å². The maximum absolute atomic E-state index is 12.7. The number of nitrogens with one attached hydrogen (secondary N) is 2. The molecule has 0 bridgehead atoms. The van der Waals surface area contributed by atoms with Crippen LogP contribution in [0.3, 0.4) is 0 Å². The summed E-state index contributed by atoms with van der Waals surface area (Å²) < 4.78 is 38.2. The smallest absolute Gasteiger partial charge is 0.349 e. The van der Waals surface area contributed by atoms with Crippen LogP contribution in [0, 0.1) is 5.92 Å². The van der Waals surface area contributed by atoms with E-state index >= 15 is 0 Å². The maximum Gasteiger partial charge on any atom is 0.416 e. The second-order valence-corrected chi connectivity index (χ2v) is 6.63. The van der Waals surface area contributed by atoms with E-state index in [1.807, 2.05) is 37.3 Å². The zero-order valence-corrected chi connectivity index (χ0v) is 14.4. The average molecular weight is 362 g/mol. The van der Waals surface area contributed by atoms with E-state index in [9.17, 15) is 18.0 Å². The molecule has 0 radical (unpaired) electrons. The second-order valence-electron chi connectivity index (χ2n) is 6.63. The van der Waals surface area contributed by atoms with Crippen molar-refractivity contribution in [2.75, 3.05) is 13.1 Å². The van der Waals surface area contributed by atoms with Gasteiger partial charge in [0.2, 0.25) is 5.91 Å². The van der Waals surface area contributed by atoms with E-state index in [-0.39, 0.29) is 23.8 Å². The fraction of sp³-hybridized carbons (Fsp3) is 0.350. The Kier molecular flexibility index (Phi) is 5.32.